The molecule has 3 nitrogen and oxygen atoms in total. The van der Waals surface area contributed by atoms with E-state index in [4.69, 9.17) is 16.3 Å². The highest BCUT2D eigenvalue weighted by Crippen LogP contribution is 2.20. The van der Waals surface area contributed by atoms with Crippen LogP contribution < -0.4 is 10.1 Å². The molecule has 1 aliphatic carbocycles. The van der Waals surface area contributed by atoms with E-state index in [0.717, 1.165) is 12.8 Å². The fourth-order valence-corrected chi connectivity index (χ4v) is 2.54. The van der Waals surface area contributed by atoms with Gasteiger partial charge in [0.25, 0.3) is 5.91 Å². The van der Waals surface area contributed by atoms with Crippen LogP contribution in [0.15, 0.2) is 24.3 Å². The predicted molar refractivity (Wildman–Crippen MR) is 76.6 cm³/mol. The van der Waals surface area contributed by atoms with Crippen molar-refractivity contribution in [3.05, 3.63) is 29.3 Å². The quantitative estimate of drug-likeness (QED) is 0.916. The largest absolute Gasteiger partial charge is 0.481 e. The summed E-state index contributed by atoms with van der Waals surface area (Å²) in [6.45, 7) is 1.76. The topological polar surface area (TPSA) is 38.3 Å². The van der Waals surface area contributed by atoms with E-state index in [1.54, 1.807) is 25.1 Å². The Labute approximate surface area is 119 Å². The number of ether oxygens (including phenoxy) is 1. The maximum absolute atomic E-state index is 12.0. The van der Waals surface area contributed by atoms with E-state index in [1.807, 2.05) is 6.07 Å². The number of amides is 1. The molecule has 1 aromatic rings. The number of nitrogens with one attached hydrogen (secondary N) is 1. The molecule has 1 fully saturated rings. The molecule has 0 aliphatic heterocycles. The zero-order valence-electron chi connectivity index (χ0n) is 11.2. The van der Waals surface area contributed by atoms with Gasteiger partial charge in [0.2, 0.25) is 0 Å². The number of carbonyl (C=O) groups excluding carboxylic acids is 1. The highest BCUT2D eigenvalue weighted by molar-refractivity contribution is 6.30. The van der Waals surface area contributed by atoms with Crippen molar-refractivity contribution in [1.29, 1.82) is 0 Å². The third kappa shape index (κ3) is 4.43. The van der Waals surface area contributed by atoms with Crippen LogP contribution in [0.5, 0.6) is 5.75 Å². The van der Waals surface area contributed by atoms with Gasteiger partial charge in [-0.1, -0.05) is 36.9 Å². The maximum atomic E-state index is 12.0. The molecule has 1 amide bonds. The van der Waals surface area contributed by atoms with E-state index in [-0.39, 0.29) is 5.91 Å². The molecular weight excluding hydrogens is 262 g/mol. The van der Waals surface area contributed by atoms with Gasteiger partial charge in [-0.15, -0.1) is 0 Å². The molecular formula is C15H20ClNO2. The molecule has 0 heterocycles. The Balaban J connectivity index is 1.84. The fourth-order valence-electron chi connectivity index (χ4n) is 2.36. The van der Waals surface area contributed by atoms with Crippen molar-refractivity contribution in [1.82, 2.24) is 5.32 Å². The van der Waals surface area contributed by atoms with Crippen molar-refractivity contribution < 1.29 is 9.53 Å². The molecule has 104 valence electrons. The molecule has 4 heteroatoms. The molecule has 1 N–H and O–H groups in total. The first-order valence-electron chi connectivity index (χ1n) is 6.88. The van der Waals surface area contributed by atoms with Crippen LogP contribution in [0.25, 0.3) is 0 Å². The van der Waals surface area contributed by atoms with Crippen molar-refractivity contribution in [2.45, 2.75) is 51.2 Å². The van der Waals surface area contributed by atoms with Gasteiger partial charge in [-0.2, -0.15) is 0 Å². The summed E-state index contributed by atoms with van der Waals surface area (Å²) in [5.74, 6) is 0.575. The van der Waals surface area contributed by atoms with Gasteiger partial charge < -0.3 is 10.1 Å². The van der Waals surface area contributed by atoms with Gasteiger partial charge in [0, 0.05) is 11.1 Å². The van der Waals surface area contributed by atoms with Gasteiger partial charge in [-0.25, -0.2) is 0 Å². The van der Waals surface area contributed by atoms with Gasteiger partial charge in [0.05, 0.1) is 0 Å². The third-order valence-corrected chi connectivity index (χ3v) is 3.66. The molecule has 19 heavy (non-hydrogen) atoms. The Morgan fingerprint density at radius 2 is 2.11 bits per heavy atom. The van der Waals surface area contributed by atoms with E-state index < -0.39 is 6.10 Å². The molecule has 0 bridgehead atoms. The number of hydrogen-bond acceptors (Lipinski definition) is 2. The van der Waals surface area contributed by atoms with E-state index in [1.165, 1.54) is 19.3 Å². The number of hydrogen-bond donors (Lipinski definition) is 1. The van der Waals surface area contributed by atoms with Crippen molar-refractivity contribution >= 4 is 17.5 Å². The lowest BCUT2D eigenvalue weighted by Gasteiger charge is -2.24. The van der Waals surface area contributed by atoms with Crippen molar-refractivity contribution in [2.75, 3.05) is 0 Å². The second-order valence-electron chi connectivity index (χ2n) is 5.06. The van der Waals surface area contributed by atoms with Crippen LogP contribution in [0.4, 0.5) is 0 Å². The van der Waals surface area contributed by atoms with Gasteiger partial charge in [-0.3, -0.25) is 4.79 Å². The van der Waals surface area contributed by atoms with Crippen LogP contribution in [0.3, 0.4) is 0 Å². The summed E-state index contributed by atoms with van der Waals surface area (Å²) in [5, 5.41) is 3.67. The smallest absolute Gasteiger partial charge is 0.260 e. The summed E-state index contributed by atoms with van der Waals surface area (Å²) in [4.78, 5) is 12.0. The van der Waals surface area contributed by atoms with E-state index >= 15 is 0 Å². The van der Waals surface area contributed by atoms with Crippen LogP contribution in [0, 0.1) is 0 Å². The zero-order valence-corrected chi connectivity index (χ0v) is 12.0. The molecule has 1 aromatic carbocycles. The van der Waals surface area contributed by atoms with Gasteiger partial charge >= 0.3 is 0 Å². The number of carbonyl (C=O) groups is 1. The molecule has 1 saturated carbocycles. The lowest BCUT2D eigenvalue weighted by Crippen LogP contribution is -2.43. The molecule has 0 radical (unpaired) electrons. The summed E-state index contributed by atoms with van der Waals surface area (Å²) in [5.41, 5.74) is 0. The van der Waals surface area contributed by atoms with E-state index in [0.29, 0.717) is 16.8 Å². The third-order valence-electron chi connectivity index (χ3n) is 3.43. The van der Waals surface area contributed by atoms with Crippen molar-refractivity contribution in [3.8, 4) is 5.75 Å². The molecule has 0 saturated heterocycles. The van der Waals surface area contributed by atoms with Crippen LogP contribution in [0.1, 0.15) is 39.0 Å². The monoisotopic (exact) mass is 281 g/mol. The average molecular weight is 282 g/mol. The van der Waals surface area contributed by atoms with Crippen LogP contribution in [-0.2, 0) is 4.79 Å². The van der Waals surface area contributed by atoms with Crippen LogP contribution in [0.2, 0.25) is 5.02 Å². The Hall–Kier alpha value is -1.22. The highest BCUT2D eigenvalue weighted by Gasteiger charge is 2.20. The maximum Gasteiger partial charge on any atom is 0.260 e. The van der Waals surface area contributed by atoms with Gasteiger partial charge in [0.1, 0.15) is 5.75 Å². The first kappa shape index (κ1) is 14.2. The Morgan fingerprint density at radius 3 is 2.79 bits per heavy atom. The van der Waals surface area contributed by atoms with Crippen molar-refractivity contribution in [3.63, 3.8) is 0 Å². The molecule has 1 atom stereocenters. The first-order valence-corrected chi connectivity index (χ1v) is 7.25. The van der Waals surface area contributed by atoms with Gasteiger partial charge in [-0.05, 0) is 38.0 Å². The van der Waals surface area contributed by atoms with Gasteiger partial charge in [0.15, 0.2) is 6.10 Å². The molecule has 0 unspecified atom stereocenters. The van der Waals surface area contributed by atoms with Crippen molar-refractivity contribution in [2.24, 2.45) is 0 Å². The van der Waals surface area contributed by atoms with Crippen LogP contribution >= 0.6 is 11.6 Å². The summed E-state index contributed by atoms with van der Waals surface area (Å²) in [7, 11) is 0. The molecule has 0 aromatic heterocycles. The zero-order chi connectivity index (χ0) is 13.7. The predicted octanol–water partition coefficient (Wildman–Crippen LogP) is 3.56. The Morgan fingerprint density at radius 1 is 1.37 bits per heavy atom. The second kappa shape index (κ2) is 6.80. The molecule has 1 aliphatic rings. The van der Waals surface area contributed by atoms with Crippen LogP contribution in [-0.4, -0.2) is 18.1 Å². The molecule has 2 rings (SSSR count). The molecule has 0 spiro atoms. The summed E-state index contributed by atoms with van der Waals surface area (Å²) in [6, 6.07) is 7.42. The lowest BCUT2D eigenvalue weighted by molar-refractivity contribution is -0.128. The fraction of sp³-hybridized carbons (Fsp3) is 0.533. The standard InChI is InChI=1S/C15H20ClNO2/c1-11(19-14-9-5-6-12(16)10-14)15(18)17-13-7-3-2-4-8-13/h5-6,9-11,13H,2-4,7-8H2,1H3,(H,17,18)/t11-/m0/s1. The Bertz CT molecular complexity index is 430. The van der Waals surface area contributed by atoms with E-state index in [9.17, 15) is 4.79 Å². The summed E-state index contributed by atoms with van der Waals surface area (Å²) >= 11 is 5.88. The highest BCUT2D eigenvalue weighted by atomic mass is 35.5. The average Bonchev–Trinajstić information content (AvgIpc) is 2.40. The number of benzene rings is 1. The number of rotatable bonds is 4. The Kier molecular flexibility index (Phi) is 5.08. The summed E-state index contributed by atoms with van der Waals surface area (Å²) in [6.07, 6.45) is 5.34. The minimum absolute atomic E-state index is 0.0492. The van der Waals surface area contributed by atoms with E-state index in [2.05, 4.69) is 5.32 Å². The minimum Gasteiger partial charge on any atom is -0.481 e. The number of halogens is 1. The lowest BCUT2D eigenvalue weighted by atomic mass is 9.95. The second-order valence-corrected chi connectivity index (χ2v) is 5.50. The summed E-state index contributed by atoms with van der Waals surface area (Å²) < 4.78 is 5.60. The SMILES string of the molecule is C[C@H](Oc1cccc(Cl)c1)C(=O)NC1CCCCC1. The first-order chi connectivity index (χ1) is 9.15. The normalized spacial score (nSPS) is 17.8. The minimum atomic E-state index is -0.500.